The number of pyridine rings is 1. The SMILES string of the molecule is CC(C)(C)NCCc1cccc2c(C#N)ccnc12. The highest BCUT2D eigenvalue weighted by molar-refractivity contribution is 5.86. The lowest BCUT2D eigenvalue weighted by Gasteiger charge is -2.20. The molecular weight excluding hydrogens is 234 g/mol. The Kier molecular flexibility index (Phi) is 3.82. The van der Waals surface area contributed by atoms with Gasteiger partial charge in [0, 0.05) is 17.1 Å². The molecule has 3 heteroatoms. The van der Waals surface area contributed by atoms with Crippen molar-refractivity contribution in [1.82, 2.24) is 10.3 Å². The molecule has 1 N–H and O–H groups in total. The largest absolute Gasteiger partial charge is 0.312 e. The van der Waals surface area contributed by atoms with E-state index in [1.807, 2.05) is 12.1 Å². The number of benzene rings is 1. The third kappa shape index (κ3) is 3.30. The molecule has 0 unspecified atom stereocenters. The number of nitrogens with zero attached hydrogens (tertiary/aromatic N) is 2. The second-order valence-corrected chi connectivity index (χ2v) is 5.71. The van der Waals surface area contributed by atoms with E-state index in [2.05, 4.69) is 43.2 Å². The fourth-order valence-corrected chi connectivity index (χ4v) is 2.11. The summed E-state index contributed by atoms with van der Waals surface area (Å²) in [5.41, 5.74) is 2.94. The van der Waals surface area contributed by atoms with Crippen LogP contribution < -0.4 is 5.32 Å². The van der Waals surface area contributed by atoms with E-state index in [9.17, 15) is 0 Å². The van der Waals surface area contributed by atoms with Gasteiger partial charge in [-0.15, -0.1) is 0 Å². The molecule has 1 heterocycles. The third-order valence-corrected chi connectivity index (χ3v) is 3.02. The number of hydrogen-bond donors (Lipinski definition) is 1. The van der Waals surface area contributed by atoms with Crippen LogP contribution in [0.2, 0.25) is 0 Å². The normalized spacial score (nSPS) is 11.5. The number of nitrogens with one attached hydrogen (secondary N) is 1. The van der Waals surface area contributed by atoms with Crippen molar-refractivity contribution < 1.29 is 0 Å². The van der Waals surface area contributed by atoms with Crippen molar-refractivity contribution in [3.63, 3.8) is 0 Å². The zero-order valence-electron chi connectivity index (χ0n) is 11.7. The first-order valence-corrected chi connectivity index (χ1v) is 6.53. The summed E-state index contributed by atoms with van der Waals surface area (Å²) in [6, 6.07) is 10.0. The van der Waals surface area contributed by atoms with Gasteiger partial charge in [0.05, 0.1) is 17.1 Å². The maximum absolute atomic E-state index is 9.12. The molecule has 98 valence electrons. The number of aromatic nitrogens is 1. The van der Waals surface area contributed by atoms with E-state index in [4.69, 9.17) is 5.26 Å². The fraction of sp³-hybridized carbons (Fsp3) is 0.375. The van der Waals surface area contributed by atoms with Gasteiger partial charge < -0.3 is 5.32 Å². The maximum Gasteiger partial charge on any atom is 0.0999 e. The van der Waals surface area contributed by atoms with Crippen LogP contribution in [0.1, 0.15) is 31.9 Å². The molecule has 0 radical (unpaired) electrons. The molecule has 0 atom stereocenters. The summed E-state index contributed by atoms with van der Waals surface area (Å²) >= 11 is 0. The van der Waals surface area contributed by atoms with Gasteiger partial charge in [-0.05, 0) is 45.4 Å². The lowest BCUT2D eigenvalue weighted by Crippen LogP contribution is -2.37. The Bertz CT molecular complexity index is 618. The average molecular weight is 253 g/mol. The highest BCUT2D eigenvalue weighted by atomic mass is 14.9. The van der Waals surface area contributed by atoms with Gasteiger partial charge in [0.2, 0.25) is 0 Å². The minimum Gasteiger partial charge on any atom is -0.312 e. The van der Waals surface area contributed by atoms with Gasteiger partial charge in [-0.2, -0.15) is 5.26 Å². The van der Waals surface area contributed by atoms with E-state index in [0.717, 1.165) is 23.9 Å². The molecule has 1 aromatic heterocycles. The van der Waals surface area contributed by atoms with Crippen molar-refractivity contribution >= 4 is 10.9 Å². The summed E-state index contributed by atoms with van der Waals surface area (Å²) in [6.45, 7) is 7.37. The number of fused-ring (bicyclic) bond motifs is 1. The standard InChI is InChI=1S/C16H19N3/c1-16(2,3)19-10-8-12-5-4-6-14-13(11-17)7-9-18-15(12)14/h4-7,9,19H,8,10H2,1-3H3. The molecule has 0 aliphatic rings. The first-order valence-electron chi connectivity index (χ1n) is 6.53. The molecule has 0 aliphatic heterocycles. The lowest BCUT2D eigenvalue weighted by molar-refractivity contribution is 0.430. The molecule has 0 aliphatic carbocycles. The van der Waals surface area contributed by atoms with Crippen LogP contribution in [0.3, 0.4) is 0 Å². The summed E-state index contributed by atoms with van der Waals surface area (Å²) in [5, 5.41) is 13.5. The first kappa shape index (κ1) is 13.5. The Hall–Kier alpha value is -1.92. The molecule has 2 aromatic rings. The van der Waals surface area contributed by atoms with E-state index >= 15 is 0 Å². The second kappa shape index (κ2) is 5.38. The predicted molar refractivity (Wildman–Crippen MR) is 77.9 cm³/mol. The lowest BCUT2D eigenvalue weighted by atomic mass is 10.0. The van der Waals surface area contributed by atoms with E-state index in [-0.39, 0.29) is 5.54 Å². The van der Waals surface area contributed by atoms with Gasteiger partial charge in [-0.3, -0.25) is 4.98 Å². The zero-order valence-corrected chi connectivity index (χ0v) is 11.7. The quantitative estimate of drug-likeness (QED) is 0.914. The predicted octanol–water partition coefficient (Wildman–Crippen LogP) is 3.04. The minimum absolute atomic E-state index is 0.121. The summed E-state index contributed by atoms with van der Waals surface area (Å²) in [5.74, 6) is 0. The van der Waals surface area contributed by atoms with Crippen LogP contribution >= 0.6 is 0 Å². The van der Waals surface area contributed by atoms with Gasteiger partial charge in [0.15, 0.2) is 0 Å². The van der Waals surface area contributed by atoms with Crippen molar-refractivity contribution in [2.75, 3.05) is 6.54 Å². The maximum atomic E-state index is 9.12. The molecule has 0 spiro atoms. The van der Waals surface area contributed by atoms with E-state index in [1.54, 1.807) is 12.3 Å². The summed E-state index contributed by atoms with van der Waals surface area (Å²) in [7, 11) is 0. The Morgan fingerprint density at radius 2 is 2.05 bits per heavy atom. The molecular formula is C16H19N3. The number of nitriles is 1. The zero-order chi connectivity index (χ0) is 13.9. The van der Waals surface area contributed by atoms with Gasteiger partial charge in [-0.1, -0.05) is 18.2 Å². The molecule has 1 aromatic carbocycles. The van der Waals surface area contributed by atoms with Crippen molar-refractivity contribution in [2.24, 2.45) is 0 Å². The van der Waals surface area contributed by atoms with Crippen molar-refractivity contribution in [1.29, 1.82) is 5.26 Å². The average Bonchev–Trinajstić information content (AvgIpc) is 2.37. The van der Waals surface area contributed by atoms with Crippen molar-refractivity contribution in [2.45, 2.75) is 32.7 Å². The van der Waals surface area contributed by atoms with Gasteiger partial charge >= 0.3 is 0 Å². The van der Waals surface area contributed by atoms with Crippen molar-refractivity contribution in [3.05, 3.63) is 41.6 Å². The van der Waals surface area contributed by atoms with Gasteiger partial charge in [0.25, 0.3) is 0 Å². The summed E-state index contributed by atoms with van der Waals surface area (Å²) in [4.78, 5) is 4.43. The van der Waals surface area contributed by atoms with E-state index < -0.39 is 0 Å². The highest BCUT2D eigenvalue weighted by Crippen LogP contribution is 2.20. The van der Waals surface area contributed by atoms with Crippen LogP contribution in [-0.2, 0) is 6.42 Å². The smallest absolute Gasteiger partial charge is 0.0999 e. The Balaban J connectivity index is 2.27. The fourth-order valence-electron chi connectivity index (χ4n) is 2.11. The van der Waals surface area contributed by atoms with Crippen LogP contribution in [0.5, 0.6) is 0 Å². The Labute approximate surface area is 114 Å². The van der Waals surface area contributed by atoms with Crippen LogP contribution in [-0.4, -0.2) is 17.1 Å². The highest BCUT2D eigenvalue weighted by Gasteiger charge is 2.09. The molecule has 2 rings (SSSR count). The van der Waals surface area contributed by atoms with Crippen molar-refractivity contribution in [3.8, 4) is 6.07 Å². The van der Waals surface area contributed by atoms with Gasteiger partial charge in [0.1, 0.15) is 0 Å². The van der Waals surface area contributed by atoms with Crippen LogP contribution in [0, 0.1) is 11.3 Å². The summed E-state index contributed by atoms with van der Waals surface area (Å²) in [6.07, 6.45) is 2.62. The molecule has 0 saturated carbocycles. The minimum atomic E-state index is 0.121. The molecule has 3 nitrogen and oxygen atoms in total. The topological polar surface area (TPSA) is 48.7 Å². The first-order chi connectivity index (χ1) is 9.01. The van der Waals surface area contributed by atoms with Crippen LogP contribution in [0.4, 0.5) is 0 Å². The monoisotopic (exact) mass is 253 g/mol. The van der Waals surface area contributed by atoms with Crippen LogP contribution in [0.15, 0.2) is 30.5 Å². The molecule has 0 fully saturated rings. The number of hydrogen-bond acceptors (Lipinski definition) is 3. The molecule has 19 heavy (non-hydrogen) atoms. The third-order valence-electron chi connectivity index (χ3n) is 3.02. The van der Waals surface area contributed by atoms with E-state index in [1.165, 1.54) is 5.56 Å². The Morgan fingerprint density at radius 3 is 2.74 bits per heavy atom. The Morgan fingerprint density at radius 1 is 1.26 bits per heavy atom. The summed E-state index contributed by atoms with van der Waals surface area (Å²) < 4.78 is 0. The van der Waals surface area contributed by atoms with Crippen LogP contribution in [0.25, 0.3) is 10.9 Å². The molecule has 0 saturated heterocycles. The van der Waals surface area contributed by atoms with E-state index in [0.29, 0.717) is 5.56 Å². The molecule has 0 bridgehead atoms. The number of para-hydroxylation sites is 1. The molecule has 0 amide bonds. The second-order valence-electron chi connectivity index (χ2n) is 5.71. The van der Waals surface area contributed by atoms with Gasteiger partial charge in [-0.25, -0.2) is 0 Å². The number of rotatable bonds is 3.